The van der Waals surface area contributed by atoms with E-state index in [1.54, 1.807) is 0 Å². The summed E-state index contributed by atoms with van der Waals surface area (Å²) in [5.41, 5.74) is 4.99. The van der Waals surface area contributed by atoms with E-state index >= 15 is 0 Å². The second kappa shape index (κ2) is 9.82. The molecule has 4 rings (SSSR count). The van der Waals surface area contributed by atoms with E-state index in [9.17, 15) is 28.8 Å². The molecule has 0 saturated carbocycles. The third-order valence-electron chi connectivity index (χ3n) is 5.37. The molecule has 2 aliphatic heterocycles. The number of nitrogens with zero attached hydrogens (tertiary/aromatic N) is 4. The average Bonchev–Trinajstić information content (AvgIpc) is 3.04. The fourth-order valence-electron chi connectivity index (χ4n) is 3.65. The molecule has 2 fully saturated rings. The molecule has 0 spiro atoms. The van der Waals surface area contributed by atoms with Crippen LogP contribution < -0.4 is 11.2 Å². The van der Waals surface area contributed by atoms with E-state index in [-0.39, 0.29) is 23.6 Å². The zero-order chi connectivity index (χ0) is 25.4. The summed E-state index contributed by atoms with van der Waals surface area (Å²) in [4.78, 5) is 27.9. The fraction of sp³-hybridized carbons (Fsp3) is 0.444. The molecule has 1 aromatic heterocycles. The third-order valence-corrected chi connectivity index (χ3v) is 7.06. The second-order valence-corrected chi connectivity index (χ2v) is 9.66. The zero-order valence-electron chi connectivity index (χ0n) is 17.6. The zero-order valence-corrected chi connectivity index (χ0v) is 19.2. The Morgan fingerprint density at radius 1 is 1.40 bits per heavy atom. The SMILES string of the molecule is [N-]=[N+]=N[C@]1(COP2(=O)OCC[C@@H](c3ccc(Cl)cc3F)O2)OC(n2ccc(=O)[nH]c2=O)[C@H](O)[C@@H]1O. The van der Waals surface area contributed by atoms with Crippen molar-refractivity contribution in [2.45, 2.75) is 36.7 Å². The minimum absolute atomic E-state index is 0.0522. The van der Waals surface area contributed by atoms with Crippen LogP contribution in [0.1, 0.15) is 24.3 Å². The number of aliphatic hydroxyl groups excluding tert-OH is 2. The molecule has 2 saturated heterocycles. The van der Waals surface area contributed by atoms with Crippen molar-refractivity contribution in [2.24, 2.45) is 5.11 Å². The molecule has 2 unspecified atom stereocenters. The molecule has 0 aliphatic carbocycles. The first-order chi connectivity index (χ1) is 16.6. The number of azide groups is 1. The topological polar surface area (TPSA) is 198 Å². The van der Waals surface area contributed by atoms with Crippen LogP contribution in [0.4, 0.5) is 4.39 Å². The lowest BCUT2D eigenvalue weighted by Gasteiger charge is -2.32. The number of aromatic amines is 1. The molecule has 2 aromatic rings. The van der Waals surface area contributed by atoms with Crippen molar-refractivity contribution in [3.05, 3.63) is 78.1 Å². The van der Waals surface area contributed by atoms with Crippen LogP contribution in [0.2, 0.25) is 5.02 Å². The van der Waals surface area contributed by atoms with Gasteiger partial charge in [-0.2, -0.15) is 0 Å². The Morgan fingerprint density at radius 2 is 2.17 bits per heavy atom. The molecule has 17 heteroatoms. The molecular formula is C18H18ClFN5O9P. The summed E-state index contributed by atoms with van der Waals surface area (Å²) < 4.78 is 49.3. The molecule has 2 aliphatic rings. The number of aromatic nitrogens is 2. The summed E-state index contributed by atoms with van der Waals surface area (Å²) in [5.74, 6) is -0.701. The third kappa shape index (κ3) is 5.05. The van der Waals surface area contributed by atoms with E-state index in [2.05, 4.69) is 10.0 Å². The van der Waals surface area contributed by atoms with Crippen LogP contribution in [0.5, 0.6) is 0 Å². The van der Waals surface area contributed by atoms with Crippen molar-refractivity contribution in [2.75, 3.05) is 13.2 Å². The Morgan fingerprint density at radius 3 is 2.86 bits per heavy atom. The van der Waals surface area contributed by atoms with Crippen LogP contribution >= 0.6 is 19.4 Å². The molecule has 3 N–H and O–H groups in total. The van der Waals surface area contributed by atoms with Crippen LogP contribution in [0.3, 0.4) is 0 Å². The van der Waals surface area contributed by atoms with Gasteiger partial charge in [-0.1, -0.05) is 22.8 Å². The molecule has 0 radical (unpaired) electrons. The lowest BCUT2D eigenvalue weighted by Crippen LogP contribution is -2.45. The van der Waals surface area contributed by atoms with Gasteiger partial charge in [0, 0.05) is 34.2 Å². The summed E-state index contributed by atoms with van der Waals surface area (Å²) in [5, 5.41) is 24.5. The van der Waals surface area contributed by atoms with Crippen LogP contribution in [0.15, 0.2) is 45.2 Å². The average molecular weight is 534 g/mol. The van der Waals surface area contributed by atoms with Gasteiger partial charge in [0.15, 0.2) is 6.23 Å². The smallest absolute Gasteiger partial charge is 0.387 e. The number of hydrogen-bond donors (Lipinski definition) is 3. The Hall–Kier alpha value is -2.58. The van der Waals surface area contributed by atoms with Crippen molar-refractivity contribution in [1.82, 2.24) is 9.55 Å². The number of hydrogen-bond acceptors (Lipinski definition) is 10. The van der Waals surface area contributed by atoms with Gasteiger partial charge >= 0.3 is 13.5 Å². The number of aliphatic hydroxyl groups is 2. The van der Waals surface area contributed by atoms with Crippen LogP contribution in [0, 0.1) is 5.82 Å². The summed E-state index contributed by atoms with van der Waals surface area (Å²) >= 11 is 5.76. The Labute approximate surface area is 200 Å². The van der Waals surface area contributed by atoms with Crippen molar-refractivity contribution >= 4 is 19.4 Å². The molecule has 0 bridgehead atoms. The number of phosphoric acid groups is 1. The molecule has 14 nitrogen and oxygen atoms in total. The van der Waals surface area contributed by atoms with Crippen LogP contribution in [-0.4, -0.2) is 50.9 Å². The molecule has 188 valence electrons. The van der Waals surface area contributed by atoms with Gasteiger partial charge in [-0.3, -0.25) is 27.9 Å². The number of benzene rings is 1. The van der Waals surface area contributed by atoms with Gasteiger partial charge in [-0.15, -0.1) is 0 Å². The first-order valence-electron chi connectivity index (χ1n) is 10.0. The van der Waals surface area contributed by atoms with E-state index in [0.29, 0.717) is 0 Å². The van der Waals surface area contributed by atoms with E-state index in [1.165, 1.54) is 12.1 Å². The van der Waals surface area contributed by atoms with Gasteiger partial charge < -0.3 is 14.9 Å². The molecular weight excluding hydrogens is 516 g/mol. The Bertz CT molecular complexity index is 1330. The van der Waals surface area contributed by atoms with Crippen molar-refractivity contribution in [3.8, 4) is 0 Å². The standard InChI is InChI=1S/C18H18ClFN5O9P/c19-9-1-2-10(11(20)7-9)12-4-6-31-35(30,34-12)32-8-18(23-24-21)15(28)14(27)16(33-18)25-5-3-13(26)22-17(25)29/h1-3,5,7,12,14-16,27-28H,4,6,8H2,(H,22,26,29)/t12-,14+,15-,16?,18+,35?/m0/s1. The number of ether oxygens (including phenoxy) is 1. The summed E-state index contributed by atoms with van der Waals surface area (Å²) in [6.07, 6.45) is -5.33. The monoisotopic (exact) mass is 533 g/mol. The number of H-pyrrole nitrogens is 1. The van der Waals surface area contributed by atoms with Gasteiger partial charge in [0.1, 0.15) is 18.0 Å². The largest absolute Gasteiger partial charge is 0.475 e. The first-order valence-corrected chi connectivity index (χ1v) is 11.9. The maximum absolute atomic E-state index is 14.3. The maximum atomic E-state index is 14.3. The highest BCUT2D eigenvalue weighted by atomic mass is 35.5. The van der Waals surface area contributed by atoms with E-state index < -0.39 is 61.8 Å². The normalized spacial score (nSPS) is 32.8. The van der Waals surface area contributed by atoms with Gasteiger partial charge in [0.05, 0.1) is 19.3 Å². The van der Waals surface area contributed by atoms with Gasteiger partial charge in [-0.25, -0.2) is 13.8 Å². The number of nitrogens with one attached hydrogen (secondary N) is 1. The quantitative estimate of drug-likeness (QED) is 0.215. The number of halogens is 2. The minimum Gasteiger partial charge on any atom is -0.387 e. The summed E-state index contributed by atoms with van der Waals surface area (Å²) in [6, 6.07) is 4.79. The molecule has 3 heterocycles. The lowest BCUT2D eigenvalue weighted by atomic mass is 10.1. The number of rotatable bonds is 6. The summed E-state index contributed by atoms with van der Waals surface area (Å²) in [6.45, 7) is -1.10. The number of phosphoric ester groups is 1. The highest BCUT2D eigenvalue weighted by Crippen LogP contribution is 2.58. The maximum Gasteiger partial charge on any atom is 0.475 e. The fourth-order valence-corrected chi connectivity index (χ4v) is 5.21. The predicted molar refractivity (Wildman–Crippen MR) is 115 cm³/mol. The summed E-state index contributed by atoms with van der Waals surface area (Å²) in [7, 11) is -4.41. The Kier molecular flexibility index (Phi) is 7.16. The lowest BCUT2D eigenvalue weighted by molar-refractivity contribution is -0.127. The van der Waals surface area contributed by atoms with Crippen LogP contribution in [0.25, 0.3) is 10.4 Å². The van der Waals surface area contributed by atoms with E-state index in [0.717, 1.165) is 22.9 Å². The van der Waals surface area contributed by atoms with E-state index in [1.807, 2.05) is 4.98 Å². The minimum atomic E-state index is -4.41. The van der Waals surface area contributed by atoms with Gasteiger partial charge in [0.2, 0.25) is 5.72 Å². The van der Waals surface area contributed by atoms with Crippen molar-refractivity contribution in [3.63, 3.8) is 0 Å². The van der Waals surface area contributed by atoms with Crippen molar-refractivity contribution in [1.29, 1.82) is 0 Å². The first kappa shape index (κ1) is 25.5. The highest BCUT2D eigenvalue weighted by molar-refractivity contribution is 7.48. The van der Waals surface area contributed by atoms with Crippen LogP contribution in [-0.2, 0) is 22.9 Å². The molecule has 1 aromatic carbocycles. The van der Waals surface area contributed by atoms with Gasteiger partial charge in [-0.05, 0) is 17.7 Å². The van der Waals surface area contributed by atoms with Gasteiger partial charge in [0.25, 0.3) is 5.56 Å². The molecule has 35 heavy (non-hydrogen) atoms. The van der Waals surface area contributed by atoms with E-state index in [4.69, 9.17) is 35.4 Å². The predicted octanol–water partition coefficient (Wildman–Crippen LogP) is 1.89. The molecule has 0 amide bonds. The molecule has 6 atom stereocenters. The highest BCUT2D eigenvalue weighted by Gasteiger charge is 2.56. The van der Waals surface area contributed by atoms with Crippen molar-refractivity contribution < 1.29 is 37.5 Å². The Balaban J connectivity index is 1.56. The second-order valence-electron chi connectivity index (χ2n) is 7.60.